The van der Waals surface area contributed by atoms with Crippen LogP contribution >= 0.6 is 15.9 Å². The first-order valence-electron chi connectivity index (χ1n) is 12.6. The number of benzene rings is 5. The molecular formula is C32H27BrF2N4O2. The van der Waals surface area contributed by atoms with E-state index in [1.165, 1.54) is 30.3 Å². The Morgan fingerprint density at radius 3 is 1.63 bits per heavy atom. The molecule has 0 atom stereocenters. The number of anilines is 6. The van der Waals surface area contributed by atoms with Gasteiger partial charge < -0.3 is 16.0 Å². The lowest BCUT2D eigenvalue weighted by molar-refractivity contribution is -0.383. The fraction of sp³-hybridized carbons (Fsp3) is 0.0625. The van der Waals surface area contributed by atoms with Gasteiger partial charge in [-0.1, -0.05) is 40.2 Å². The van der Waals surface area contributed by atoms with Gasteiger partial charge in [0.25, 0.3) is 5.69 Å². The zero-order valence-electron chi connectivity index (χ0n) is 22.3. The third-order valence-electron chi connectivity index (χ3n) is 6.06. The van der Waals surface area contributed by atoms with Crippen LogP contribution in [0.3, 0.4) is 0 Å². The number of nitrogens with zero attached hydrogens (tertiary/aromatic N) is 1. The monoisotopic (exact) mass is 616 g/mol. The first-order valence-corrected chi connectivity index (χ1v) is 13.4. The van der Waals surface area contributed by atoms with E-state index in [4.69, 9.17) is 0 Å². The molecule has 0 saturated heterocycles. The summed E-state index contributed by atoms with van der Waals surface area (Å²) in [6.45, 7) is 3.97. The number of hydrogen-bond donors (Lipinski definition) is 3. The Labute approximate surface area is 245 Å². The summed E-state index contributed by atoms with van der Waals surface area (Å²) in [5.41, 5.74) is 6.76. The molecule has 0 aliphatic heterocycles. The SMILES string of the molecule is Cc1ccc(Br)cc1Nc1ccc(F)cc1.Cc1ccc(Nc2ccccc2[N+](=O)[O-])cc1Nc1ccc(F)cc1. The molecule has 0 spiro atoms. The van der Waals surface area contributed by atoms with Crippen molar-refractivity contribution in [1.29, 1.82) is 0 Å². The van der Waals surface area contributed by atoms with E-state index in [9.17, 15) is 18.9 Å². The molecule has 0 unspecified atom stereocenters. The van der Waals surface area contributed by atoms with Crippen molar-refractivity contribution in [3.05, 3.63) is 147 Å². The Kier molecular flexibility index (Phi) is 9.65. The van der Waals surface area contributed by atoms with Crippen LogP contribution in [0.15, 0.2) is 114 Å². The molecule has 3 N–H and O–H groups in total. The Morgan fingerprint density at radius 1 is 0.610 bits per heavy atom. The average molecular weight is 617 g/mol. The molecule has 5 aromatic carbocycles. The van der Waals surface area contributed by atoms with Crippen molar-refractivity contribution in [2.75, 3.05) is 16.0 Å². The van der Waals surface area contributed by atoms with Crippen LogP contribution in [0.2, 0.25) is 0 Å². The molecule has 0 heterocycles. The predicted octanol–water partition coefficient (Wildman–Crippen LogP) is 10.2. The van der Waals surface area contributed by atoms with Crippen molar-refractivity contribution < 1.29 is 13.7 Å². The molecule has 0 bridgehead atoms. The standard InChI is InChI=1S/C19H16FN3O2.C13H11BrFN/c1-13-6-9-16(22-17-4-2-3-5-19(17)23(24)25)12-18(13)21-15-10-7-14(20)8-11-15;1-9-2-3-10(14)8-13(9)16-12-6-4-11(15)5-7-12/h2-12,21-22H,1H3;2-8,16H,1H3. The Bertz CT molecular complexity index is 1650. The lowest BCUT2D eigenvalue weighted by atomic mass is 10.1. The van der Waals surface area contributed by atoms with Gasteiger partial charge in [0.05, 0.1) is 4.92 Å². The number of aryl methyl sites for hydroxylation is 2. The van der Waals surface area contributed by atoms with Crippen LogP contribution in [0.25, 0.3) is 0 Å². The van der Waals surface area contributed by atoms with E-state index >= 15 is 0 Å². The van der Waals surface area contributed by atoms with Gasteiger partial charge in [0, 0.05) is 39.0 Å². The lowest BCUT2D eigenvalue weighted by Crippen LogP contribution is -1.98. The van der Waals surface area contributed by atoms with Crippen molar-refractivity contribution in [3.8, 4) is 0 Å². The molecule has 0 saturated carbocycles. The summed E-state index contributed by atoms with van der Waals surface area (Å²) in [6, 6.07) is 30.5. The molecule has 0 aliphatic carbocycles. The fourth-order valence-electron chi connectivity index (χ4n) is 3.83. The topological polar surface area (TPSA) is 79.2 Å². The summed E-state index contributed by atoms with van der Waals surface area (Å²) in [7, 11) is 0. The second kappa shape index (κ2) is 13.5. The maximum atomic E-state index is 13.0. The molecular weight excluding hydrogens is 590 g/mol. The molecule has 0 radical (unpaired) electrons. The van der Waals surface area contributed by atoms with Crippen LogP contribution in [0.5, 0.6) is 0 Å². The Hall–Kier alpha value is -4.76. The van der Waals surface area contributed by atoms with Crippen LogP contribution in [0.1, 0.15) is 11.1 Å². The molecule has 208 valence electrons. The van der Waals surface area contributed by atoms with Crippen LogP contribution < -0.4 is 16.0 Å². The molecule has 0 aromatic heterocycles. The summed E-state index contributed by atoms with van der Waals surface area (Å²) < 4.78 is 26.8. The van der Waals surface area contributed by atoms with E-state index in [1.54, 1.807) is 42.5 Å². The summed E-state index contributed by atoms with van der Waals surface area (Å²) in [6.07, 6.45) is 0. The number of para-hydroxylation sites is 2. The van der Waals surface area contributed by atoms with Gasteiger partial charge in [-0.25, -0.2) is 8.78 Å². The van der Waals surface area contributed by atoms with Crippen molar-refractivity contribution in [2.45, 2.75) is 13.8 Å². The van der Waals surface area contributed by atoms with Gasteiger partial charge in [-0.2, -0.15) is 0 Å². The largest absolute Gasteiger partial charge is 0.355 e. The van der Waals surface area contributed by atoms with Crippen LogP contribution in [-0.4, -0.2) is 4.92 Å². The van der Waals surface area contributed by atoms with E-state index in [-0.39, 0.29) is 17.3 Å². The van der Waals surface area contributed by atoms with E-state index in [2.05, 4.69) is 31.9 Å². The minimum absolute atomic E-state index is 0.0103. The lowest BCUT2D eigenvalue weighted by Gasteiger charge is -2.13. The van der Waals surface area contributed by atoms with Gasteiger partial charge in [-0.3, -0.25) is 10.1 Å². The zero-order valence-corrected chi connectivity index (χ0v) is 23.9. The molecule has 6 nitrogen and oxygen atoms in total. The first kappa shape index (κ1) is 29.2. The number of nitro groups is 1. The van der Waals surface area contributed by atoms with Crippen molar-refractivity contribution in [1.82, 2.24) is 0 Å². The van der Waals surface area contributed by atoms with E-state index in [1.807, 2.05) is 50.2 Å². The quantitative estimate of drug-likeness (QED) is 0.125. The van der Waals surface area contributed by atoms with Crippen molar-refractivity contribution >= 4 is 55.7 Å². The summed E-state index contributed by atoms with van der Waals surface area (Å²) in [5, 5.41) is 20.7. The molecule has 0 fully saturated rings. The second-order valence-electron chi connectivity index (χ2n) is 9.15. The molecule has 5 aromatic rings. The highest BCUT2D eigenvalue weighted by Crippen LogP contribution is 2.30. The van der Waals surface area contributed by atoms with Crippen LogP contribution in [0, 0.1) is 35.6 Å². The summed E-state index contributed by atoms with van der Waals surface area (Å²) >= 11 is 3.42. The summed E-state index contributed by atoms with van der Waals surface area (Å²) in [4.78, 5) is 10.7. The summed E-state index contributed by atoms with van der Waals surface area (Å²) in [5.74, 6) is -0.523. The normalized spacial score (nSPS) is 10.3. The highest BCUT2D eigenvalue weighted by atomic mass is 79.9. The zero-order chi connectivity index (χ0) is 29.4. The first-order chi connectivity index (χ1) is 19.7. The van der Waals surface area contributed by atoms with E-state index in [0.29, 0.717) is 11.4 Å². The van der Waals surface area contributed by atoms with Gasteiger partial charge in [0.1, 0.15) is 17.3 Å². The minimum atomic E-state index is -0.422. The van der Waals surface area contributed by atoms with Crippen molar-refractivity contribution in [2.24, 2.45) is 0 Å². The van der Waals surface area contributed by atoms with Gasteiger partial charge in [0.15, 0.2) is 0 Å². The maximum Gasteiger partial charge on any atom is 0.292 e. The van der Waals surface area contributed by atoms with E-state index < -0.39 is 4.92 Å². The van der Waals surface area contributed by atoms with Crippen LogP contribution in [-0.2, 0) is 0 Å². The Morgan fingerprint density at radius 2 is 1.07 bits per heavy atom. The van der Waals surface area contributed by atoms with Gasteiger partial charge >= 0.3 is 0 Å². The third kappa shape index (κ3) is 8.36. The van der Waals surface area contributed by atoms with Gasteiger partial charge in [0.2, 0.25) is 0 Å². The predicted molar refractivity (Wildman–Crippen MR) is 166 cm³/mol. The number of hydrogen-bond acceptors (Lipinski definition) is 5. The van der Waals surface area contributed by atoms with Crippen LogP contribution in [0.4, 0.5) is 48.6 Å². The number of halogens is 3. The number of rotatable bonds is 7. The molecule has 5 rings (SSSR count). The highest BCUT2D eigenvalue weighted by Gasteiger charge is 2.13. The number of nitro benzene ring substituents is 1. The minimum Gasteiger partial charge on any atom is -0.355 e. The second-order valence-corrected chi connectivity index (χ2v) is 10.1. The van der Waals surface area contributed by atoms with Crippen molar-refractivity contribution in [3.63, 3.8) is 0 Å². The van der Waals surface area contributed by atoms with E-state index in [0.717, 1.165) is 38.3 Å². The number of nitrogens with one attached hydrogen (secondary N) is 3. The van der Waals surface area contributed by atoms with Gasteiger partial charge in [-0.05, 0) is 104 Å². The third-order valence-corrected chi connectivity index (χ3v) is 6.56. The molecule has 0 aliphatic rings. The fourth-order valence-corrected chi connectivity index (χ4v) is 4.20. The smallest absolute Gasteiger partial charge is 0.292 e. The Balaban J connectivity index is 0.000000208. The molecule has 41 heavy (non-hydrogen) atoms. The molecule has 0 amide bonds. The molecule has 9 heteroatoms. The average Bonchev–Trinajstić information content (AvgIpc) is 2.95. The highest BCUT2D eigenvalue weighted by molar-refractivity contribution is 9.10. The van der Waals surface area contributed by atoms with Gasteiger partial charge in [-0.15, -0.1) is 0 Å². The maximum absolute atomic E-state index is 13.0.